The normalized spacial score (nSPS) is 29.9. The molecule has 2 aliphatic rings. The molecule has 0 aliphatic carbocycles. The minimum Gasteiger partial charge on any atom is -0.468 e. The van der Waals surface area contributed by atoms with E-state index in [1.165, 1.54) is 35.9 Å². The Labute approximate surface area is 161 Å². The number of imide groups is 1. The number of esters is 1. The van der Waals surface area contributed by atoms with Gasteiger partial charge in [0.1, 0.15) is 11.4 Å². The Morgan fingerprint density at radius 3 is 2.70 bits per heavy atom. The zero-order valence-corrected chi connectivity index (χ0v) is 16.3. The van der Waals surface area contributed by atoms with E-state index >= 15 is 0 Å². The summed E-state index contributed by atoms with van der Waals surface area (Å²) in [5.41, 5.74) is -0.769. The Morgan fingerprint density at radius 2 is 2.11 bits per heavy atom. The van der Waals surface area contributed by atoms with Crippen LogP contribution in [0.1, 0.15) is 24.9 Å². The molecule has 6 nitrogen and oxygen atoms in total. The molecule has 2 amide bonds. The third-order valence-electron chi connectivity index (χ3n) is 5.52. The molecule has 0 unspecified atom stereocenters. The van der Waals surface area contributed by atoms with Gasteiger partial charge in [-0.15, -0.1) is 0 Å². The van der Waals surface area contributed by atoms with E-state index in [-0.39, 0.29) is 18.4 Å². The summed E-state index contributed by atoms with van der Waals surface area (Å²) >= 11 is 1.54. The molecule has 0 radical (unpaired) electrons. The fourth-order valence-electron chi connectivity index (χ4n) is 4.33. The van der Waals surface area contributed by atoms with Gasteiger partial charge < -0.3 is 4.74 Å². The molecule has 27 heavy (non-hydrogen) atoms. The number of methoxy groups -OCH3 is 1. The predicted molar refractivity (Wildman–Crippen MR) is 99.4 cm³/mol. The van der Waals surface area contributed by atoms with Crippen molar-refractivity contribution in [2.24, 2.45) is 11.8 Å². The maximum Gasteiger partial charge on any atom is 0.326 e. The molecule has 2 saturated heterocycles. The number of amides is 2. The fraction of sp³-hybridized carbons (Fsp3) is 0.526. The lowest BCUT2D eigenvalue weighted by Crippen LogP contribution is -2.56. The van der Waals surface area contributed by atoms with Crippen LogP contribution in [-0.2, 0) is 19.1 Å². The first kappa shape index (κ1) is 19.8. The minimum absolute atomic E-state index is 0.236. The number of benzene rings is 1. The van der Waals surface area contributed by atoms with Crippen LogP contribution < -0.4 is 5.32 Å². The molecular formula is C19H23FN2O4S. The minimum atomic E-state index is -1.31. The van der Waals surface area contributed by atoms with E-state index < -0.39 is 35.2 Å². The van der Waals surface area contributed by atoms with Crippen molar-refractivity contribution >= 4 is 29.5 Å². The molecule has 1 N–H and O–H groups in total. The summed E-state index contributed by atoms with van der Waals surface area (Å²) < 4.78 is 18.9. The third-order valence-corrected chi connectivity index (χ3v) is 6.13. The summed E-state index contributed by atoms with van der Waals surface area (Å²) in [5, 5.41) is 3.22. The second-order valence-corrected chi connectivity index (χ2v) is 7.79. The topological polar surface area (TPSA) is 75.7 Å². The van der Waals surface area contributed by atoms with Gasteiger partial charge in [0, 0.05) is 12.6 Å². The summed E-state index contributed by atoms with van der Waals surface area (Å²) in [6.45, 7) is 1.96. The highest BCUT2D eigenvalue weighted by Crippen LogP contribution is 2.50. The Balaban J connectivity index is 2.14. The molecule has 0 saturated carbocycles. The first-order chi connectivity index (χ1) is 12.9. The number of carbonyl (C=O) groups excluding carboxylic acids is 3. The molecule has 8 heteroatoms. The van der Waals surface area contributed by atoms with Gasteiger partial charge >= 0.3 is 5.97 Å². The van der Waals surface area contributed by atoms with Gasteiger partial charge in [0.05, 0.1) is 18.9 Å². The SMILES string of the molecule is CCN1C(=O)[C@H]2[C@@H](c3cccc(F)c3)N[C@@](CCSC)(C(=O)OC)[C@@H]2C1=O. The summed E-state index contributed by atoms with van der Waals surface area (Å²) in [4.78, 5) is 40.1. The van der Waals surface area contributed by atoms with Crippen molar-refractivity contribution in [3.63, 3.8) is 0 Å². The van der Waals surface area contributed by atoms with E-state index in [0.717, 1.165) is 0 Å². The third kappa shape index (κ3) is 3.04. The van der Waals surface area contributed by atoms with E-state index in [4.69, 9.17) is 4.74 Å². The first-order valence-electron chi connectivity index (χ1n) is 8.87. The van der Waals surface area contributed by atoms with Crippen LogP contribution in [0.3, 0.4) is 0 Å². The number of halogens is 1. The lowest BCUT2D eigenvalue weighted by molar-refractivity contribution is -0.154. The van der Waals surface area contributed by atoms with Gasteiger partial charge in [-0.2, -0.15) is 11.8 Å². The average Bonchev–Trinajstić information content (AvgIpc) is 3.14. The van der Waals surface area contributed by atoms with Gasteiger partial charge in [-0.3, -0.25) is 24.6 Å². The van der Waals surface area contributed by atoms with Gasteiger partial charge in [-0.05, 0) is 43.0 Å². The van der Waals surface area contributed by atoms with Gasteiger partial charge in [0.15, 0.2) is 0 Å². The number of fused-ring (bicyclic) bond motifs is 1. The second-order valence-electron chi connectivity index (χ2n) is 6.81. The fourth-order valence-corrected chi connectivity index (χ4v) is 4.85. The molecule has 4 atom stereocenters. The molecule has 0 aromatic heterocycles. The monoisotopic (exact) mass is 394 g/mol. The maximum absolute atomic E-state index is 13.8. The number of thioether (sulfide) groups is 1. The highest BCUT2D eigenvalue weighted by atomic mass is 32.2. The van der Waals surface area contributed by atoms with E-state index in [1.54, 1.807) is 19.1 Å². The van der Waals surface area contributed by atoms with Crippen molar-refractivity contribution in [2.45, 2.75) is 24.9 Å². The summed E-state index contributed by atoms with van der Waals surface area (Å²) in [6.07, 6.45) is 2.24. The highest BCUT2D eigenvalue weighted by Gasteiger charge is 2.68. The lowest BCUT2D eigenvalue weighted by Gasteiger charge is -2.32. The number of likely N-dealkylation sites (tertiary alicyclic amines) is 1. The standard InChI is InChI=1S/C19H23FN2O4S/c1-4-22-16(23)13-14(17(22)24)19(8-9-27-3,18(25)26-2)21-15(13)11-6-5-7-12(20)10-11/h5-7,10,13-15,21H,4,8-9H2,1-3H3/t13-,14+,15-,19-/m1/s1. The Morgan fingerprint density at radius 1 is 1.37 bits per heavy atom. The van der Waals surface area contributed by atoms with Crippen LogP contribution in [0.4, 0.5) is 4.39 Å². The average molecular weight is 394 g/mol. The summed E-state index contributed by atoms with van der Waals surface area (Å²) in [5.74, 6) is -2.72. The second kappa shape index (κ2) is 7.59. The van der Waals surface area contributed by atoms with Crippen LogP contribution in [0.2, 0.25) is 0 Å². The molecule has 0 spiro atoms. The molecular weight excluding hydrogens is 371 g/mol. The number of hydrogen-bond acceptors (Lipinski definition) is 6. The van der Waals surface area contributed by atoms with E-state index in [9.17, 15) is 18.8 Å². The molecule has 2 fully saturated rings. The molecule has 1 aromatic carbocycles. The number of carbonyl (C=O) groups is 3. The zero-order chi connectivity index (χ0) is 19.8. The van der Waals surface area contributed by atoms with Gasteiger partial charge in [0.25, 0.3) is 0 Å². The van der Waals surface area contributed by atoms with Gasteiger partial charge in [0.2, 0.25) is 11.8 Å². The van der Waals surface area contributed by atoms with Crippen molar-refractivity contribution in [3.05, 3.63) is 35.6 Å². The quantitative estimate of drug-likeness (QED) is 0.585. The molecule has 146 valence electrons. The van der Waals surface area contributed by atoms with Crippen LogP contribution in [0.5, 0.6) is 0 Å². The van der Waals surface area contributed by atoms with Crippen molar-refractivity contribution < 1.29 is 23.5 Å². The molecule has 1 aromatic rings. The highest BCUT2D eigenvalue weighted by molar-refractivity contribution is 7.98. The first-order valence-corrected chi connectivity index (χ1v) is 10.3. The predicted octanol–water partition coefficient (Wildman–Crippen LogP) is 1.76. The number of hydrogen-bond donors (Lipinski definition) is 1. The number of ether oxygens (including phenoxy) is 1. The summed E-state index contributed by atoms with van der Waals surface area (Å²) in [6, 6.07) is 5.27. The molecule has 3 rings (SSSR count). The number of nitrogens with zero attached hydrogens (tertiary/aromatic N) is 1. The van der Waals surface area contributed by atoms with Gasteiger partial charge in [-0.1, -0.05) is 12.1 Å². The maximum atomic E-state index is 13.8. The molecule has 0 bridgehead atoms. The largest absolute Gasteiger partial charge is 0.468 e. The van der Waals surface area contributed by atoms with Crippen molar-refractivity contribution in [2.75, 3.05) is 25.7 Å². The Kier molecular flexibility index (Phi) is 5.58. The van der Waals surface area contributed by atoms with E-state index in [2.05, 4.69) is 5.32 Å². The van der Waals surface area contributed by atoms with Crippen LogP contribution in [0, 0.1) is 17.7 Å². The van der Waals surface area contributed by atoms with Crippen LogP contribution >= 0.6 is 11.8 Å². The van der Waals surface area contributed by atoms with Crippen molar-refractivity contribution in [1.29, 1.82) is 0 Å². The lowest BCUT2D eigenvalue weighted by atomic mass is 9.78. The van der Waals surface area contributed by atoms with Crippen molar-refractivity contribution in [3.8, 4) is 0 Å². The number of nitrogens with one attached hydrogen (secondary N) is 1. The Hall–Kier alpha value is -1.93. The van der Waals surface area contributed by atoms with Gasteiger partial charge in [-0.25, -0.2) is 4.39 Å². The Bertz CT molecular complexity index is 774. The smallest absolute Gasteiger partial charge is 0.326 e. The van der Waals surface area contributed by atoms with Crippen LogP contribution in [0.15, 0.2) is 24.3 Å². The number of rotatable bonds is 6. The summed E-state index contributed by atoms with van der Waals surface area (Å²) in [7, 11) is 1.27. The van der Waals surface area contributed by atoms with E-state index in [0.29, 0.717) is 17.7 Å². The molecule has 2 heterocycles. The van der Waals surface area contributed by atoms with Crippen molar-refractivity contribution in [1.82, 2.24) is 10.2 Å². The van der Waals surface area contributed by atoms with Crippen LogP contribution in [-0.4, -0.2) is 53.9 Å². The van der Waals surface area contributed by atoms with Crippen LogP contribution in [0.25, 0.3) is 0 Å². The van der Waals surface area contributed by atoms with E-state index in [1.807, 2.05) is 6.26 Å². The molecule has 2 aliphatic heterocycles. The zero-order valence-electron chi connectivity index (χ0n) is 15.5.